The molecular weight excluding hydrogens is 173 g/mol. The molecule has 0 radical (unpaired) electrons. The number of halogens is 2. The van der Waals surface area contributed by atoms with Gasteiger partial charge in [0.2, 0.25) is 0 Å². The first kappa shape index (κ1) is 7.51. The third-order valence-electron chi connectivity index (χ3n) is 1.02. The minimum atomic E-state index is -0.377. The Morgan fingerprint density at radius 2 is 1.60 bits per heavy atom. The molecule has 0 aliphatic carbocycles. The lowest BCUT2D eigenvalue weighted by molar-refractivity contribution is -0.268. The number of hydrogen-bond donors (Lipinski definition) is 1. The van der Waals surface area contributed by atoms with Crippen LogP contribution in [0, 0.1) is 0 Å². The Kier molecular flexibility index (Phi) is 1.92. The van der Waals surface area contributed by atoms with Gasteiger partial charge in [0.25, 0.3) is 0 Å². The quantitative estimate of drug-likeness (QED) is 0.612. The van der Waals surface area contributed by atoms with Crippen LogP contribution in [0.1, 0.15) is 0 Å². The molecule has 1 aromatic rings. The van der Waals surface area contributed by atoms with Crippen molar-refractivity contribution in [2.24, 2.45) is 0 Å². The summed E-state index contributed by atoms with van der Waals surface area (Å²) in [5, 5.41) is 10.9. The van der Waals surface area contributed by atoms with E-state index in [9.17, 15) is 5.11 Å². The van der Waals surface area contributed by atoms with E-state index in [1.54, 1.807) is 0 Å². The predicted octanol–water partition coefficient (Wildman–Crippen LogP) is 1.65. The largest absolute Gasteiger partial charge is 0.870 e. The average Bonchev–Trinajstić information content (AvgIpc) is 1.82. The van der Waals surface area contributed by atoms with Crippen molar-refractivity contribution in [3.63, 3.8) is 0 Å². The smallest absolute Gasteiger partial charge is 0.0362 e. The zero-order valence-electron chi connectivity index (χ0n) is 4.90. The molecule has 0 spiro atoms. The molecule has 0 unspecified atom stereocenters. The van der Waals surface area contributed by atoms with Crippen molar-refractivity contribution < 1.29 is 5.11 Å². The van der Waals surface area contributed by atoms with Crippen molar-refractivity contribution in [3.8, 4) is 5.75 Å². The number of nitrogens with two attached hydrogens (primary N) is 1. The molecule has 4 heteroatoms. The number of rotatable bonds is 0. The first-order valence-electron chi connectivity index (χ1n) is 2.53. The van der Waals surface area contributed by atoms with Gasteiger partial charge in [-0.25, -0.2) is 0 Å². The topological polar surface area (TPSA) is 49.1 Å². The molecule has 54 valence electrons. The van der Waals surface area contributed by atoms with Crippen molar-refractivity contribution in [2.45, 2.75) is 0 Å². The molecule has 0 saturated heterocycles. The molecule has 10 heavy (non-hydrogen) atoms. The van der Waals surface area contributed by atoms with Crippen LogP contribution in [0.3, 0.4) is 0 Å². The van der Waals surface area contributed by atoms with Crippen LogP contribution in [0.5, 0.6) is 5.75 Å². The molecular formula is C6H4Cl2NO-. The van der Waals surface area contributed by atoms with Crippen molar-refractivity contribution in [1.29, 1.82) is 0 Å². The first-order chi connectivity index (χ1) is 4.61. The molecule has 0 fully saturated rings. The van der Waals surface area contributed by atoms with Gasteiger partial charge in [0, 0.05) is 15.7 Å². The molecule has 0 saturated carbocycles. The van der Waals surface area contributed by atoms with E-state index < -0.39 is 0 Å². The fourth-order valence-corrected chi connectivity index (χ4v) is 1.08. The molecule has 1 aromatic carbocycles. The minimum absolute atomic E-state index is 0.0602. The van der Waals surface area contributed by atoms with Gasteiger partial charge in [-0.15, -0.1) is 0 Å². The summed E-state index contributed by atoms with van der Waals surface area (Å²) in [5.74, 6) is -0.377. The maximum atomic E-state index is 10.8. The Labute approximate surface area is 68.2 Å². The monoisotopic (exact) mass is 176 g/mol. The van der Waals surface area contributed by atoms with Crippen molar-refractivity contribution >= 4 is 28.9 Å². The second kappa shape index (κ2) is 2.56. The minimum Gasteiger partial charge on any atom is -0.870 e. The van der Waals surface area contributed by atoms with Crippen LogP contribution in [0.4, 0.5) is 5.69 Å². The number of hydrogen-bond acceptors (Lipinski definition) is 2. The number of nitrogen functional groups attached to an aromatic ring is 1. The fraction of sp³-hybridized carbons (Fsp3) is 0. The van der Waals surface area contributed by atoms with Crippen molar-refractivity contribution in [2.75, 3.05) is 5.73 Å². The predicted molar refractivity (Wildman–Crippen MR) is 40.3 cm³/mol. The standard InChI is InChI=1S/C6H5Cl2NO/c7-4-1-3(9)2-5(8)6(4)10/h1-2,10H,9H2/p-1. The number of anilines is 1. The second-order valence-corrected chi connectivity index (χ2v) is 2.63. The maximum Gasteiger partial charge on any atom is 0.0362 e. The molecule has 0 atom stereocenters. The highest BCUT2D eigenvalue weighted by molar-refractivity contribution is 6.37. The van der Waals surface area contributed by atoms with Gasteiger partial charge in [-0.2, -0.15) is 0 Å². The van der Waals surface area contributed by atoms with Crippen molar-refractivity contribution in [1.82, 2.24) is 0 Å². The SMILES string of the molecule is Nc1cc(Cl)c([O-])c(Cl)c1. The molecule has 0 bridgehead atoms. The molecule has 0 aliphatic rings. The Bertz CT molecular complexity index is 239. The van der Waals surface area contributed by atoms with Gasteiger partial charge in [-0.1, -0.05) is 29.0 Å². The Hall–Kier alpha value is -0.600. The summed E-state index contributed by atoms with van der Waals surface area (Å²) in [6, 6.07) is 2.74. The molecule has 0 heterocycles. The highest BCUT2D eigenvalue weighted by Gasteiger charge is 1.95. The summed E-state index contributed by atoms with van der Waals surface area (Å²) in [6.45, 7) is 0. The summed E-state index contributed by atoms with van der Waals surface area (Å²) >= 11 is 10.9. The van der Waals surface area contributed by atoms with Crippen LogP contribution in [-0.2, 0) is 0 Å². The van der Waals surface area contributed by atoms with Gasteiger partial charge < -0.3 is 10.8 Å². The van der Waals surface area contributed by atoms with Gasteiger partial charge >= 0.3 is 0 Å². The van der Waals surface area contributed by atoms with Gasteiger partial charge in [-0.3, -0.25) is 0 Å². The summed E-state index contributed by atoms with van der Waals surface area (Å²) in [7, 11) is 0. The maximum absolute atomic E-state index is 10.8. The van der Waals surface area contributed by atoms with Crippen LogP contribution in [0.15, 0.2) is 12.1 Å². The molecule has 0 aromatic heterocycles. The summed E-state index contributed by atoms with van der Waals surface area (Å²) in [5.41, 5.74) is 5.72. The van der Waals surface area contributed by atoms with E-state index in [0.717, 1.165) is 0 Å². The van der Waals surface area contributed by atoms with Gasteiger partial charge in [0.15, 0.2) is 0 Å². The highest BCUT2D eigenvalue weighted by Crippen LogP contribution is 2.30. The van der Waals surface area contributed by atoms with E-state index >= 15 is 0 Å². The molecule has 0 amide bonds. The second-order valence-electron chi connectivity index (χ2n) is 1.81. The highest BCUT2D eigenvalue weighted by atomic mass is 35.5. The Morgan fingerprint density at radius 1 is 1.20 bits per heavy atom. The van der Waals surface area contributed by atoms with E-state index in [0.29, 0.717) is 5.69 Å². The molecule has 1 rings (SSSR count). The van der Waals surface area contributed by atoms with E-state index in [4.69, 9.17) is 28.9 Å². The lowest BCUT2D eigenvalue weighted by Gasteiger charge is -2.10. The van der Waals surface area contributed by atoms with Crippen molar-refractivity contribution in [3.05, 3.63) is 22.2 Å². The van der Waals surface area contributed by atoms with Crippen LogP contribution in [0.25, 0.3) is 0 Å². The van der Waals surface area contributed by atoms with Gasteiger partial charge in [0.1, 0.15) is 0 Å². The zero-order valence-corrected chi connectivity index (χ0v) is 6.41. The van der Waals surface area contributed by atoms with Gasteiger partial charge in [-0.05, 0) is 12.1 Å². The normalized spacial score (nSPS) is 9.80. The Balaban J connectivity index is 3.31. The first-order valence-corrected chi connectivity index (χ1v) is 3.28. The fourth-order valence-electron chi connectivity index (χ4n) is 0.579. The van der Waals surface area contributed by atoms with Crippen LogP contribution in [-0.4, -0.2) is 0 Å². The lowest BCUT2D eigenvalue weighted by Crippen LogP contribution is -1.93. The van der Waals surface area contributed by atoms with Crippen LogP contribution < -0.4 is 10.8 Å². The number of benzene rings is 1. The van der Waals surface area contributed by atoms with E-state index in [1.165, 1.54) is 12.1 Å². The third kappa shape index (κ3) is 1.28. The summed E-state index contributed by atoms with van der Waals surface area (Å²) < 4.78 is 0. The summed E-state index contributed by atoms with van der Waals surface area (Å²) in [4.78, 5) is 0. The molecule has 2 nitrogen and oxygen atoms in total. The third-order valence-corrected chi connectivity index (χ3v) is 1.58. The van der Waals surface area contributed by atoms with E-state index in [2.05, 4.69) is 0 Å². The zero-order chi connectivity index (χ0) is 7.72. The molecule has 0 aliphatic heterocycles. The molecule has 2 N–H and O–H groups in total. The lowest BCUT2D eigenvalue weighted by atomic mass is 10.3. The van der Waals surface area contributed by atoms with Gasteiger partial charge in [0.05, 0.1) is 0 Å². The van der Waals surface area contributed by atoms with Crippen LogP contribution >= 0.6 is 23.2 Å². The Morgan fingerprint density at radius 3 is 2.00 bits per heavy atom. The summed E-state index contributed by atoms with van der Waals surface area (Å²) in [6.07, 6.45) is 0. The van der Waals surface area contributed by atoms with E-state index in [1.807, 2.05) is 0 Å². The average molecular weight is 177 g/mol. The van der Waals surface area contributed by atoms with Crippen LogP contribution in [0.2, 0.25) is 10.0 Å². The van der Waals surface area contributed by atoms with E-state index in [-0.39, 0.29) is 15.8 Å².